The molecule has 0 aliphatic heterocycles. The fourth-order valence-electron chi connectivity index (χ4n) is 1.75. The molecule has 0 aliphatic rings. The largest absolute Gasteiger partial charge is 0.436 e. The van der Waals surface area contributed by atoms with Crippen LogP contribution in [0.2, 0.25) is 0 Å². The van der Waals surface area contributed by atoms with E-state index in [9.17, 15) is 4.39 Å². The number of aryl methyl sites for hydroxylation is 1. The molecule has 0 unspecified atom stereocenters. The van der Waals surface area contributed by atoms with Crippen molar-refractivity contribution >= 4 is 21.6 Å². The van der Waals surface area contributed by atoms with Gasteiger partial charge in [-0.05, 0) is 40.0 Å². The smallest absolute Gasteiger partial charge is 0.241 e. The van der Waals surface area contributed by atoms with Gasteiger partial charge in [0.05, 0.1) is 10.2 Å². The number of halogens is 2. The zero-order valence-electron chi connectivity index (χ0n) is 10.9. The van der Waals surface area contributed by atoms with Gasteiger partial charge in [0, 0.05) is 7.05 Å². The van der Waals surface area contributed by atoms with Gasteiger partial charge in [-0.15, -0.1) is 0 Å². The number of aromatic nitrogens is 2. The minimum absolute atomic E-state index is 0.209. The Labute approximate surface area is 119 Å². The number of anilines is 1. The van der Waals surface area contributed by atoms with Crippen molar-refractivity contribution in [2.75, 3.05) is 5.73 Å². The van der Waals surface area contributed by atoms with Crippen LogP contribution in [0.4, 0.5) is 10.1 Å². The summed E-state index contributed by atoms with van der Waals surface area (Å²) in [5, 5.41) is 4.33. The van der Waals surface area contributed by atoms with Crippen LogP contribution < -0.4 is 10.5 Å². The van der Waals surface area contributed by atoms with Crippen LogP contribution in [0.5, 0.6) is 11.6 Å². The Morgan fingerprint density at radius 3 is 2.63 bits per heavy atom. The van der Waals surface area contributed by atoms with Gasteiger partial charge < -0.3 is 10.5 Å². The van der Waals surface area contributed by atoms with Crippen LogP contribution in [-0.4, -0.2) is 9.78 Å². The first kappa shape index (κ1) is 13.9. The minimum Gasteiger partial charge on any atom is -0.436 e. The van der Waals surface area contributed by atoms with Crippen molar-refractivity contribution in [2.45, 2.75) is 19.8 Å². The zero-order chi connectivity index (χ0) is 14.2. The highest BCUT2D eigenvalue weighted by molar-refractivity contribution is 9.10. The van der Waals surface area contributed by atoms with Crippen molar-refractivity contribution in [1.82, 2.24) is 9.78 Å². The average molecular weight is 328 g/mol. The molecular formula is C13H15BrFN3O. The standard InChI is InChI=1S/C13H15BrFN3O/c1-7(2)12-11(16)13(18(3)17-12)19-10-5-4-8(15)6-9(10)14/h4-7H,16H2,1-3H3. The molecule has 0 bridgehead atoms. The van der Waals surface area contributed by atoms with E-state index in [0.29, 0.717) is 21.8 Å². The molecule has 1 aromatic carbocycles. The number of hydrogen-bond acceptors (Lipinski definition) is 3. The van der Waals surface area contributed by atoms with Crippen molar-refractivity contribution < 1.29 is 9.13 Å². The van der Waals surface area contributed by atoms with Gasteiger partial charge in [0.2, 0.25) is 5.88 Å². The minimum atomic E-state index is -0.333. The van der Waals surface area contributed by atoms with E-state index in [4.69, 9.17) is 10.5 Å². The number of nitrogens with zero attached hydrogens (tertiary/aromatic N) is 2. The quantitative estimate of drug-likeness (QED) is 0.932. The fourth-order valence-corrected chi connectivity index (χ4v) is 2.19. The third kappa shape index (κ3) is 2.73. The van der Waals surface area contributed by atoms with E-state index in [1.54, 1.807) is 17.8 Å². The molecule has 0 radical (unpaired) electrons. The first-order valence-electron chi connectivity index (χ1n) is 5.85. The number of hydrogen-bond donors (Lipinski definition) is 1. The summed E-state index contributed by atoms with van der Waals surface area (Å²) in [6, 6.07) is 4.21. The monoisotopic (exact) mass is 327 g/mol. The predicted octanol–water partition coefficient (Wildman–Crippen LogP) is 3.82. The number of ether oxygens (including phenoxy) is 1. The first-order valence-corrected chi connectivity index (χ1v) is 6.64. The van der Waals surface area contributed by atoms with E-state index < -0.39 is 0 Å². The second-order valence-corrected chi connectivity index (χ2v) is 5.41. The third-order valence-corrected chi connectivity index (χ3v) is 3.33. The maximum absolute atomic E-state index is 13.0. The molecule has 2 N–H and O–H groups in total. The van der Waals surface area contributed by atoms with Gasteiger partial charge in [0.15, 0.2) is 0 Å². The lowest BCUT2D eigenvalue weighted by atomic mass is 10.1. The van der Waals surface area contributed by atoms with Crippen molar-refractivity contribution in [3.63, 3.8) is 0 Å². The molecule has 2 aromatic rings. The fraction of sp³-hybridized carbons (Fsp3) is 0.308. The molecular weight excluding hydrogens is 313 g/mol. The Kier molecular flexibility index (Phi) is 3.80. The maximum Gasteiger partial charge on any atom is 0.241 e. The third-order valence-electron chi connectivity index (χ3n) is 2.71. The van der Waals surface area contributed by atoms with Crippen molar-refractivity contribution in [1.29, 1.82) is 0 Å². The highest BCUT2D eigenvalue weighted by Crippen LogP contribution is 2.36. The molecule has 0 saturated carbocycles. The summed E-state index contributed by atoms with van der Waals surface area (Å²) in [6.45, 7) is 4.02. The molecule has 6 heteroatoms. The van der Waals surface area contributed by atoms with Gasteiger partial charge in [-0.25, -0.2) is 9.07 Å². The van der Waals surface area contributed by atoms with E-state index >= 15 is 0 Å². The summed E-state index contributed by atoms with van der Waals surface area (Å²) >= 11 is 3.25. The number of nitrogen functional groups attached to an aromatic ring is 1. The SMILES string of the molecule is CC(C)c1nn(C)c(Oc2ccc(F)cc2Br)c1N. The van der Waals surface area contributed by atoms with Crippen LogP contribution in [-0.2, 0) is 7.05 Å². The molecule has 0 amide bonds. The second-order valence-electron chi connectivity index (χ2n) is 4.56. The lowest BCUT2D eigenvalue weighted by molar-refractivity contribution is 0.429. The van der Waals surface area contributed by atoms with Crippen molar-refractivity contribution in [3.8, 4) is 11.6 Å². The van der Waals surface area contributed by atoms with Gasteiger partial charge >= 0.3 is 0 Å². The van der Waals surface area contributed by atoms with Crippen LogP contribution in [0.1, 0.15) is 25.5 Å². The average Bonchev–Trinajstić information content (AvgIpc) is 2.60. The summed E-state index contributed by atoms with van der Waals surface area (Å²) in [5.74, 6) is 0.822. The number of nitrogens with two attached hydrogens (primary N) is 1. The molecule has 19 heavy (non-hydrogen) atoms. The maximum atomic E-state index is 13.0. The molecule has 2 rings (SSSR count). The lowest BCUT2D eigenvalue weighted by Crippen LogP contribution is -1.97. The lowest BCUT2D eigenvalue weighted by Gasteiger charge is -2.08. The van der Waals surface area contributed by atoms with Gasteiger partial charge in [-0.2, -0.15) is 5.10 Å². The summed E-state index contributed by atoms with van der Waals surface area (Å²) in [6.07, 6.45) is 0. The van der Waals surface area contributed by atoms with Crippen LogP contribution in [0.25, 0.3) is 0 Å². The summed E-state index contributed by atoms with van der Waals surface area (Å²) in [4.78, 5) is 0. The Balaban J connectivity index is 2.38. The van der Waals surface area contributed by atoms with Crippen LogP contribution in [0.3, 0.4) is 0 Å². The Hall–Kier alpha value is -1.56. The Morgan fingerprint density at radius 2 is 2.11 bits per heavy atom. The molecule has 102 valence electrons. The Bertz CT molecular complexity index is 610. The number of benzene rings is 1. The van der Waals surface area contributed by atoms with Crippen LogP contribution in [0.15, 0.2) is 22.7 Å². The first-order chi connectivity index (χ1) is 8.90. The summed E-state index contributed by atoms with van der Waals surface area (Å²) < 4.78 is 20.9. The molecule has 0 aliphatic carbocycles. The topological polar surface area (TPSA) is 53.1 Å². The van der Waals surface area contributed by atoms with E-state index in [-0.39, 0.29) is 11.7 Å². The Morgan fingerprint density at radius 1 is 1.42 bits per heavy atom. The van der Waals surface area contributed by atoms with Gasteiger partial charge in [-0.1, -0.05) is 13.8 Å². The molecule has 0 spiro atoms. The highest BCUT2D eigenvalue weighted by Gasteiger charge is 2.18. The van der Waals surface area contributed by atoms with Gasteiger partial charge in [-0.3, -0.25) is 0 Å². The second kappa shape index (κ2) is 5.21. The molecule has 0 fully saturated rings. The van der Waals surface area contributed by atoms with E-state index in [0.717, 1.165) is 5.69 Å². The van der Waals surface area contributed by atoms with Crippen molar-refractivity contribution in [2.24, 2.45) is 7.05 Å². The van der Waals surface area contributed by atoms with Crippen LogP contribution in [0, 0.1) is 5.82 Å². The van der Waals surface area contributed by atoms with Gasteiger partial charge in [0.25, 0.3) is 0 Å². The molecule has 0 saturated heterocycles. The van der Waals surface area contributed by atoms with Gasteiger partial charge in [0.1, 0.15) is 17.3 Å². The molecule has 1 aromatic heterocycles. The highest BCUT2D eigenvalue weighted by atomic mass is 79.9. The summed E-state index contributed by atoms with van der Waals surface area (Å²) in [5.41, 5.74) is 7.33. The molecule has 0 atom stereocenters. The van der Waals surface area contributed by atoms with E-state index in [1.165, 1.54) is 12.1 Å². The summed E-state index contributed by atoms with van der Waals surface area (Å²) in [7, 11) is 1.76. The van der Waals surface area contributed by atoms with E-state index in [1.807, 2.05) is 13.8 Å². The number of rotatable bonds is 3. The van der Waals surface area contributed by atoms with Crippen LogP contribution >= 0.6 is 15.9 Å². The van der Waals surface area contributed by atoms with Crippen molar-refractivity contribution in [3.05, 3.63) is 34.2 Å². The molecule has 1 heterocycles. The zero-order valence-corrected chi connectivity index (χ0v) is 12.5. The van der Waals surface area contributed by atoms with E-state index in [2.05, 4.69) is 21.0 Å². The predicted molar refractivity (Wildman–Crippen MR) is 75.9 cm³/mol. The molecule has 4 nitrogen and oxygen atoms in total. The normalized spacial score (nSPS) is 11.1.